The first kappa shape index (κ1) is 15.7. The third kappa shape index (κ3) is 2.21. The maximum Gasteiger partial charge on any atom is 0.257 e. The van der Waals surface area contributed by atoms with Gasteiger partial charge < -0.3 is 5.32 Å². The third-order valence-corrected chi connectivity index (χ3v) is 8.30. The topological polar surface area (TPSA) is 49.4 Å². The molecule has 4 aliphatic rings. The van der Waals surface area contributed by atoms with Crippen molar-refractivity contribution in [3.8, 4) is 0 Å². The molecule has 5 atom stereocenters. The summed E-state index contributed by atoms with van der Waals surface area (Å²) >= 11 is 1.56. The smallest absolute Gasteiger partial charge is 0.257 e. The van der Waals surface area contributed by atoms with Crippen LogP contribution in [0.5, 0.6) is 0 Å². The van der Waals surface area contributed by atoms with Crippen LogP contribution < -0.4 is 10.2 Å². The summed E-state index contributed by atoms with van der Waals surface area (Å²) in [7, 11) is 0. The number of nitrogens with one attached hydrogen (secondary N) is 1. The van der Waals surface area contributed by atoms with E-state index in [1.807, 2.05) is 24.3 Å². The molecule has 1 aromatic carbocycles. The minimum atomic E-state index is -0.771. The van der Waals surface area contributed by atoms with Gasteiger partial charge in [0.15, 0.2) is 4.87 Å². The Morgan fingerprint density at radius 2 is 2.16 bits per heavy atom. The molecule has 2 aliphatic carbocycles. The Morgan fingerprint density at radius 1 is 1.32 bits per heavy atom. The number of nitrogens with zero attached hydrogens (tertiary/aromatic N) is 1. The third-order valence-electron chi connectivity index (χ3n) is 6.82. The zero-order valence-electron chi connectivity index (χ0n) is 14.5. The second kappa shape index (κ2) is 5.50. The molecule has 25 heavy (non-hydrogen) atoms. The highest BCUT2D eigenvalue weighted by Gasteiger charge is 2.57. The van der Waals surface area contributed by atoms with E-state index in [0.29, 0.717) is 18.8 Å². The first-order valence-electron chi connectivity index (χ1n) is 9.50. The highest BCUT2D eigenvalue weighted by atomic mass is 32.2. The van der Waals surface area contributed by atoms with Gasteiger partial charge in [-0.2, -0.15) is 0 Å². The van der Waals surface area contributed by atoms with Gasteiger partial charge in [-0.25, -0.2) is 0 Å². The van der Waals surface area contributed by atoms with E-state index in [1.165, 1.54) is 25.7 Å². The maximum atomic E-state index is 13.3. The molecule has 1 N–H and O–H groups in total. The Hall–Kier alpha value is -1.49. The van der Waals surface area contributed by atoms with Crippen molar-refractivity contribution >= 4 is 29.3 Å². The van der Waals surface area contributed by atoms with Crippen LogP contribution in [0.3, 0.4) is 0 Å². The summed E-state index contributed by atoms with van der Waals surface area (Å²) in [6, 6.07) is 8.08. The number of para-hydroxylation sites is 1. The van der Waals surface area contributed by atoms with Crippen LogP contribution >= 0.6 is 11.8 Å². The van der Waals surface area contributed by atoms with E-state index in [0.717, 1.165) is 22.4 Å². The second-order valence-corrected chi connectivity index (χ2v) is 9.50. The first-order chi connectivity index (χ1) is 12.1. The average molecular weight is 356 g/mol. The van der Waals surface area contributed by atoms with Gasteiger partial charge >= 0.3 is 0 Å². The molecular formula is C20H24N2O2S. The summed E-state index contributed by atoms with van der Waals surface area (Å²) in [5.41, 5.74) is 0.901. The van der Waals surface area contributed by atoms with Crippen molar-refractivity contribution in [2.75, 3.05) is 4.90 Å². The number of rotatable bonds is 3. The van der Waals surface area contributed by atoms with Crippen molar-refractivity contribution in [3.05, 3.63) is 24.3 Å². The van der Waals surface area contributed by atoms with Crippen LogP contribution in [0.2, 0.25) is 0 Å². The first-order valence-corrected chi connectivity index (χ1v) is 10.3. The molecule has 1 saturated heterocycles. The number of hydrogen-bond acceptors (Lipinski definition) is 3. The standard InChI is InChI=1S/C20H24N2O2S/c1-12(15-11-13-6-7-14(15)10-13)21-19(24)20-9-8-18(23)22(20)16-4-2-3-5-17(16)25-20/h2-5,12-15H,6-11H2,1H3,(H,21,24)/t12-,13-,14-,15+,20-/m0/s1. The summed E-state index contributed by atoms with van der Waals surface area (Å²) in [6.45, 7) is 2.16. The van der Waals surface area contributed by atoms with Gasteiger partial charge in [0.25, 0.3) is 5.91 Å². The quantitative estimate of drug-likeness (QED) is 0.901. The maximum absolute atomic E-state index is 13.3. The molecule has 2 aliphatic heterocycles. The predicted octanol–water partition coefficient (Wildman–Crippen LogP) is 3.56. The largest absolute Gasteiger partial charge is 0.351 e. The Kier molecular flexibility index (Phi) is 3.46. The van der Waals surface area contributed by atoms with Gasteiger partial charge in [-0.15, -0.1) is 0 Å². The number of hydrogen-bond donors (Lipinski definition) is 1. The van der Waals surface area contributed by atoms with E-state index >= 15 is 0 Å². The molecule has 0 unspecified atom stereocenters. The van der Waals surface area contributed by atoms with Crippen LogP contribution in [0.4, 0.5) is 5.69 Å². The van der Waals surface area contributed by atoms with Crippen molar-refractivity contribution in [1.29, 1.82) is 0 Å². The summed E-state index contributed by atoms with van der Waals surface area (Å²) < 4.78 is 0. The van der Waals surface area contributed by atoms with E-state index in [1.54, 1.807) is 16.7 Å². The molecule has 4 nitrogen and oxygen atoms in total. The molecule has 5 heteroatoms. The molecule has 0 aromatic heterocycles. The number of thioether (sulfide) groups is 1. The zero-order chi connectivity index (χ0) is 17.2. The lowest BCUT2D eigenvalue weighted by Crippen LogP contribution is -2.55. The molecule has 2 amide bonds. The number of anilines is 1. The van der Waals surface area contributed by atoms with E-state index in [9.17, 15) is 9.59 Å². The fourth-order valence-corrected chi connectivity index (χ4v) is 7.05. The lowest BCUT2D eigenvalue weighted by molar-refractivity contribution is -0.125. The highest BCUT2D eigenvalue weighted by Crippen LogP contribution is 2.56. The van der Waals surface area contributed by atoms with Gasteiger partial charge in [0.1, 0.15) is 0 Å². The highest BCUT2D eigenvalue weighted by molar-refractivity contribution is 8.02. The summed E-state index contributed by atoms with van der Waals surface area (Å²) in [6.07, 6.45) is 6.36. The van der Waals surface area contributed by atoms with Crippen molar-refractivity contribution in [2.24, 2.45) is 17.8 Å². The molecular weight excluding hydrogens is 332 g/mol. The van der Waals surface area contributed by atoms with Crippen LogP contribution in [0.25, 0.3) is 0 Å². The zero-order valence-corrected chi connectivity index (χ0v) is 15.3. The monoisotopic (exact) mass is 356 g/mol. The summed E-state index contributed by atoms with van der Waals surface area (Å²) in [5, 5.41) is 3.31. The number of fused-ring (bicyclic) bond motifs is 5. The molecule has 2 heterocycles. The van der Waals surface area contributed by atoms with Crippen LogP contribution in [-0.2, 0) is 9.59 Å². The van der Waals surface area contributed by atoms with Gasteiger partial charge in [0.05, 0.1) is 5.69 Å². The number of carbonyl (C=O) groups excluding carboxylic acids is 2. The predicted molar refractivity (Wildman–Crippen MR) is 98.3 cm³/mol. The lowest BCUT2D eigenvalue weighted by Gasteiger charge is -2.34. The Labute approximate surface area is 152 Å². The van der Waals surface area contributed by atoms with E-state index in [2.05, 4.69) is 12.2 Å². The van der Waals surface area contributed by atoms with Crippen molar-refractivity contribution < 1.29 is 9.59 Å². The molecule has 3 fully saturated rings. The van der Waals surface area contributed by atoms with Crippen LogP contribution in [0.15, 0.2) is 29.2 Å². The average Bonchev–Trinajstić information content (AvgIpc) is 3.35. The van der Waals surface area contributed by atoms with E-state index in [-0.39, 0.29) is 17.9 Å². The number of benzene rings is 1. The van der Waals surface area contributed by atoms with Gasteiger partial charge in [0, 0.05) is 17.4 Å². The van der Waals surface area contributed by atoms with Gasteiger partial charge in [-0.3, -0.25) is 14.5 Å². The van der Waals surface area contributed by atoms with E-state index < -0.39 is 4.87 Å². The van der Waals surface area contributed by atoms with Crippen LogP contribution in [0.1, 0.15) is 45.4 Å². The van der Waals surface area contributed by atoms with Crippen molar-refractivity contribution in [3.63, 3.8) is 0 Å². The normalized spacial score (nSPS) is 36.4. The Balaban J connectivity index is 1.39. The molecule has 1 aromatic rings. The van der Waals surface area contributed by atoms with E-state index in [4.69, 9.17) is 0 Å². The molecule has 5 rings (SSSR count). The summed E-state index contributed by atoms with van der Waals surface area (Å²) in [4.78, 5) is 27.8. The van der Waals surface area contributed by atoms with Crippen molar-refractivity contribution in [2.45, 2.75) is 61.3 Å². The minimum Gasteiger partial charge on any atom is -0.351 e. The molecule has 132 valence electrons. The lowest BCUT2D eigenvalue weighted by atomic mass is 9.84. The van der Waals surface area contributed by atoms with Crippen LogP contribution in [-0.4, -0.2) is 22.7 Å². The van der Waals surface area contributed by atoms with Crippen LogP contribution in [0, 0.1) is 17.8 Å². The van der Waals surface area contributed by atoms with Gasteiger partial charge in [-0.1, -0.05) is 30.3 Å². The fourth-order valence-electron chi connectivity index (χ4n) is 5.63. The van der Waals surface area contributed by atoms with Crippen molar-refractivity contribution in [1.82, 2.24) is 5.32 Å². The second-order valence-electron chi connectivity index (χ2n) is 8.18. The Bertz CT molecular complexity index is 751. The van der Waals surface area contributed by atoms with Gasteiger partial charge in [-0.05, 0) is 62.5 Å². The molecule has 0 spiro atoms. The number of carbonyl (C=O) groups is 2. The van der Waals surface area contributed by atoms with Gasteiger partial charge in [0.2, 0.25) is 5.91 Å². The summed E-state index contributed by atoms with van der Waals surface area (Å²) in [5.74, 6) is 2.36. The Morgan fingerprint density at radius 3 is 2.92 bits per heavy atom. The molecule has 0 radical (unpaired) electrons. The molecule has 2 bridgehead atoms. The minimum absolute atomic E-state index is 0.0230. The SMILES string of the molecule is C[C@H](NC(=O)[C@@]12CCC(=O)N1c1ccccc1S2)[C@H]1C[C@H]2CC[C@H]1C2. The number of amides is 2. The fraction of sp³-hybridized carbons (Fsp3) is 0.600. The molecule has 2 saturated carbocycles.